The Morgan fingerprint density at radius 2 is 1.95 bits per heavy atom. The topological polar surface area (TPSA) is 64.8 Å². The zero-order valence-corrected chi connectivity index (χ0v) is 12.6. The van der Waals surface area contributed by atoms with Crippen molar-refractivity contribution in [2.45, 2.75) is 18.4 Å². The summed E-state index contributed by atoms with van der Waals surface area (Å²) in [7, 11) is 3.03. The maximum Gasteiger partial charge on any atom is 0.325 e. The molecule has 0 aliphatic carbocycles. The number of methoxy groups -OCH3 is 2. The predicted molar refractivity (Wildman–Crippen MR) is 80.6 cm³/mol. The van der Waals surface area contributed by atoms with E-state index in [1.54, 1.807) is 7.11 Å². The second kappa shape index (κ2) is 6.81. The normalized spacial score (nSPS) is 17.1. The van der Waals surface area contributed by atoms with Gasteiger partial charge in [-0.1, -0.05) is 6.07 Å². The highest BCUT2D eigenvalue weighted by molar-refractivity contribution is 5.85. The fourth-order valence-electron chi connectivity index (χ4n) is 2.38. The molecule has 20 heavy (non-hydrogen) atoms. The molecule has 0 aromatic heterocycles. The van der Waals surface area contributed by atoms with Crippen LogP contribution < -0.4 is 15.4 Å². The lowest BCUT2D eigenvalue weighted by Crippen LogP contribution is -2.56. The summed E-state index contributed by atoms with van der Waals surface area (Å²) >= 11 is 0. The zero-order chi connectivity index (χ0) is 13.9. The average Bonchev–Trinajstić information content (AvgIpc) is 2.47. The van der Waals surface area contributed by atoms with Gasteiger partial charge in [0.1, 0.15) is 11.3 Å². The summed E-state index contributed by atoms with van der Waals surface area (Å²) in [5.74, 6) is 0.507. The van der Waals surface area contributed by atoms with Gasteiger partial charge >= 0.3 is 5.97 Å². The largest absolute Gasteiger partial charge is 0.497 e. The number of anilines is 1. The van der Waals surface area contributed by atoms with Gasteiger partial charge < -0.3 is 20.1 Å². The Balaban J connectivity index is 0.00000200. The molecule has 0 radical (unpaired) electrons. The molecule has 1 aromatic carbocycles. The first-order chi connectivity index (χ1) is 9.09. The Kier molecular flexibility index (Phi) is 5.65. The van der Waals surface area contributed by atoms with Crippen LogP contribution in [0.1, 0.15) is 12.8 Å². The van der Waals surface area contributed by atoms with Crippen LogP contribution >= 0.6 is 12.4 Å². The monoisotopic (exact) mass is 300 g/mol. The molecular formula is C14H21ClN2O3. The van der Waals surface area contributed by atoms with Crippen LogP contribution in [0.15, 0.2) is 24.3 Å². The maximum atomic E-state index is 11.6. The fourth-order valence-corrected chi connectivity index (χ4v) is 2.38. The van der Waals surface area contributed by atoms with E-state index in [0.717, 1.165) is 24.5 Å². The third kappa shape index (κ3) is 3.35. The predicted octanol–water partition coefficient (Wildman–Crippen LogP) is 1.59. The van der Waals surface area contributed by atoms with Crippen LogP contribution in [0.5, 0.6) is 5.75 Å². The van der Waals surface area contributed by atoms with Crippen molar-refractivity contribution in [2.24, 2.45) is 5.73 Å². The van der Waals surface area contributed by atoms with Crippen molar-refractivity contribution in [1.29, 1.82) is 0 Å². The lowest BCUT2D eigenvalue weighted by atomic mass is 9.88. The average molecular weight is 301 g/mol. The van der Waals surface area contributed by atoms with Crippen LogP contribution in [0.4, 0.5) is 5.69 Å². The second-order valence-electron chi connectivity index (χ2n) is 4.84. The molecule has 112 valence electrons. The number of nitrogens with zero attached hydrogens (tertiary/aromatic N) is 1. The van der Waals surface area contributed by atoms with Crippen LogP contribution in [0.3, 0.4) is 0 Å². The fraction of sp³-hybridized carbons (Fsp3) is 0.500. The molecule has 0 spiro atoms. The van der Waals surface area contributed by atoms with Crippen molar-refractivity contribution in [2.75, 3.05) is 32.2 Å². The number of esters is 1. The summed E-state index contributed by atoms with van der Waals surface area (Å²) in [5.41, 5.74) is 6.33. The summed E-state index contributed by atoms with van der Waals surface area (Å²) < 4.78 is 9.98. The van der Waals surface area contributed by atoms with Crippen molar-refractivity contribution >= 4 is 24.1 Å². The molecule has 1 aliphatic heterocycles. The van der Waals surface area contributed by atoms with Gasteiger partial charge in [-0.3, -0.25) is 4.79 Å². The Labute approximate surface area is 125 Å². The first-order valence-electron chi connectivity index (χ1n) is 6.35. The number of piperidine rings is 1. The SMILES string of the molecule is COC(=O)C1(N)CCN(c2cccc(OC)c2)CC1.Cl. The molecule has 1 aromatic rings. The van der Waals surface area contributed by atoms with Crippen LogP contribution in [0.25, 0.3) is 0 Å². The number of carbonyl (C=O) groups is 1. The first-order valence-corrected chi connectivity index (χ1v) is 6.35. The number of benzene rings is 1. The minimum atomic E-state index is -0.843. The van der Waals surface area contributed by atoms with Gasteiger partial charge in [0.15, 0.2) is 0 Å². The second-order valence-corrected chi connectivity index (χ2v) is 4.84. The molecule has 2 N–H and O–H groups in total. The molecule has 1 fully saturated rings. The summed E-state index contributed by atoms with van der Waals surface area (Å²) in [4.78, 5) is 13.9. The van der Waals surface area contributed by atoms with E-state index >= 15 is 0 Å². The molecule has 0 unspecified atom stereocenters. The van der Waals surface area contributed by atoms with Gasteiger partial charge in [0.25, 0.3) is 0 Å². The van der Waals surface area contributed by atoms with E-state index in [2.05, 4.69) is 4.90 Å². The summed E-state index contributed by atoms with van der Waals surface area (Å²) in [6, 6.07) is 7.89. The van der Waals surface area contributed by atoms with E-state index in [-0.39, 0.29) is 18.4 Å². The van der Waals surface area contributed by atoms with Gasteiger partial charge in [-0.25, -0.2) is 0 Å². The van der Waals surface area contributed by atoms with E-state index in [1.807, 2.05) is 24.3 Å². The van der Waals surface area contributed by atoms with Crippen molar-refractivity contribution in [3.05, 3.63) is 24.3 Å². The molecule has 5 nitrogen and oxygen atoms in total. The number of hydrogen-bond donors (Lipinski definition) is 1. The summed E-state index contributed by atoms with van der Waals surface area (Å²) in [6.45, 7) is 1.47. The Morgan fingerprint density at radius 1 is 1.30 bits per heavy atom. The van der Waals surface area contributed by atoms with Gasteiger partial charge in [0.05, 0.1) is 14.2 Å². The standard InChI is InChI=1S/C14H20N2O3.ClH/c1-18-12-5-3-4-11(10-12)16-8-6-14(15,7-9-16)13(17)19-2;/h3-5,10H,6-9,15H2,1-2H3;1H. The van der Waals surface area contributed by atoms with Gasteiger partial charge in [-0.2, -0.15) is 0 Å². The number of carbonyl (C=O) groups excluding carboxylic acids is 1. The molecule has 1 aliphatic rings. The molecular weight excluding hydrogens is 280 g/mol. The number of rotatable bonds is 3. The number of hydrogen-bond acceptors (Lipinski definition) is 5. The van der Waals surface area contributed by atoms with Gasteiger partial charge in [-0.05, 0) is 25.0 Å². The maximum absolute atomic E-state index is 11.6. The van der Waals surface area contributed by atoms with Crippen molar-refractivity contribution in [3.63, 3.8) is 0 Å². The molecule has 6 heteroatoms. The molecule has 0 saturated carbocycles. The number of nitrogens with two attached hydrogens (primary N) is 1. The molecule has 0 bridgehead atoms. The minimum Gasteiger partial charge on any atom is -0.497 e. The van der Waals surface area contributed by atoms with Crippen molar-refractivity contribution in [1.82, 2.24) is 0 Å². The third-order valence-electron chi connectivity index (χ3n) is 3.67. The van der Waals surface area contributed by atoms with Crippen LogP contribution in [0, 0.1) is 0 Å². The highest BCUT2D eigenvalue weighted by atomic mass is 35.5. The molecule has 0 atom stereocenters. The van der Waals surface area contributed by atoms with Crippen molar-refractivity contribution in [3.8, 4) is 5.75 Å². The summed E-state index contributed by atoms with van der Waals surface area (Å²) in [5, 5.41) is 0. The quantitative estimate of drug-likeness (QED) is 0.859. The van der Waals surface area contributed by atoms with Gasteiger partial charge in [-0.15, -0.1) is 12.4 Å². The molecule has 1 heterocycles. The highest BCUT2D eigenvalue weighted by Crippen LogP contribution is 2.27. The highest BCUT2D eigenvalue weighted by Gasteiger charge is 2.38. The lowest BCUT2D eigenvalue weighted by molar-refractivity contribution is -0.147. The van der Waals surface area contributed by atoms with Crippen LogP contribution in [-0.4, -0.2) is 38.8 Å². The smallest absolute Gasteiger partial charge is 0.325 e. The van der Waals surface area contributed by atoms with E-state index in [0.29, 0.717) is 12.8 Å². The van der Waals surface area contributed by atoms with E-state index in [4.69, 9.17) is 15.2 Å². The first kappa shape index (κ1) is 16.6. The van der Waals surface area contributed by atoms with E-state index < -0.39 is 5.54 Å². The zero-order valence-electron chi connectivity index (χ0n) is 11.8. The molecule has 1 saturated heterocycles. The van der Waals surface area contributed by atoms with Crippen LogP contribution in [0.2, 0.25) is 0 Å². The Bertz CT molecular complexity index is 459. The Hall–Kier alpha value is -1.46. The minimum absolute atomic E-state index is 0. The van der Waals surface area contributed by atoms with Gasteiger partial charge in [0, 0.05) is 24.8 Å². The third-order valence-corrected chi connectivity index (χ3v) is 3.67. The molecule has 0 amide bonds. The van der Waals surface area contributed by atoms with E-state index in [9.17, 15) is 4.79 Å². The number of halogens is 1. The molecule has 2 rings (SSSR count). The Morgan fingerprint density at radius 3 is 2.50 bits per heavy atom. The summed E-state index contributed by atoms with van der Waals surface area (Å²) in [6.07, 6.45) is 1.19. The van der Waals surface area contributed by atoms with E-state index in [1.165, 1.54) is 7.11 Å². The number of ether oxygens (including phenoxy) is 2. The van der Waals surface area contributed by atoms with Crippen LogP contribution in [-0.2, 0) is 9.53 Å². The lowest BCUT2D eigenvalue weighted by Gasteiger charge is -2.38. The van der Waals surface area contributed by atoms with Gasteiger partial charge in [0.2, 0.25) is 0 Å². The van der Waals surface area contributed by atoms with Crippen molar-refractivity contribution < 1.29 is 14.3 Å².